The molecule has 2 heterocycles. The van der Waals surface area contributed by atoms with Gasteiger partial charge in [-0.2, -0.15) is 0 Å². The summed E-state index contributed by atoms with van der Waals surface area (Å²) >= 11 is 5.77. The fraction of sp³-hybridized carbons (Fsp3) is 0.500. The Morgan fingerprint density at radius 2 is 2.00 bits per heavy atom. The number of halogens is 1. The molecule has 6 nitrogen and oxygen atoms in total. The Morgan fingerprint density at radius 1 is 1.33 bits per heavy atom. The van der Waals surface area contributed by atoms with Crippen LogP contribution in [0, 0.1) is 0 Å². The number of hydrogen-bond acceptors (Lipinski definition) is 6. The third kappa shape index (κ3) is 2.97. The Labute approximate surface area is 110 Å². The van der Waals surface area contributed by atoms with Gasteiger partial charge in [0.2, 0.25) is 0 Å². The molecule has 18 heavy (non-hydrogen) atoms. The third-order valence-electron chi connectivity index (χ3n) is 2.85. The minimum absolute atomic E-state index is 0.0156. The number of aldehydes is 1. The van der Waals surface area contributed by atoms with Crippen molar-refractivity contribution in [1.82, 2.24) is 9.97 Å². The maximum Gasteiger partial charge on any atom is 0.156 e. The van der Waals surface area contributed by atoms with Crippen molar-refractivity contribution in [3.8, 4) is 0 Å². The van der Waals surface area contributed by atoms with Crippen molar-refractivity contribution in [3.05, 3.63) is 17.0 Å². The number of anilines is 1. The minimum atomic E-state index is -2.90. The Balaban J connectivity index is 2.11. The molecular weight excluding hydrogens is 278 g/mol. The number of carbonyl (C=O) groups is 1. The monoisotopic (exact) mass is 289 g/mol. The Morgan fingerprint density at radius 3 is 2.61 bits per heavy atom. The molecule has 1 N–H and O–H groups in total. The lowest BCUT2D eigenvalue weighted by molar-refractivity contribution is 0.112. The van der Waals surface area contributed by atoms with E-state index in [1.165, 1.54) is 6.33 Å². The van der Waals surface area contributed by atoms with Crippen molar-refractivity contribution >= 4 is 33.5 Å². The van der Waals surface area contributed by atoms with E-state index in [2.05, 4.69) is 15.3 Å². The first-order valence-electron chi connectivity index (χ1n) is 5.44. The maximum atomic E-state index is 11.3. The zero-order chi connectivity index (χ0) is 13.2. The summed E-state index contributed by atoms with van der Waals surface area (Å²) in [6.45, 7) is 0. The average Bonchev–Trinajstić information content (AvgIpc) is 2.32. The molecule has 1 aliphatic heterocycles. The molecule has 1 aliphatic rings. The summed E-state index contributed by atoms with van der Waals surface area (Å²) in [5.74, 6) is 0.661. The minimum Gasteiger partial charge on any atom is -0.367 e. The predicted octanol–water partition coefficient (Wildman–Crippen LogP) is 0.932. The van der Waals surface area contributed by atoms with E-state index in [4.69, 9.17) is 11.6 Å². The van der Waals surface area contributed by atoms with Gasteiger partial charge in [0, 0.05) is 6.04 Å². The number of carbonyl (C=O) groups excluding carboxylic acids is 1. The van der Waals surface area contributed by atoms with Gasteiger partial charge in [0.25, 0.3) is 0 Å². The molecule has 0 bridgehead atoms. The second kappa shape index (κ2) is 5.19. The summed E-state index contributed by atoms with van der Waals surface area (Å²) in [4.78, 5) is 18.6. The Hall–Kier alpha value is -1.21. The summed E-state index contributed by atoms with van der Waals surface area (Å²) in [5, 5.41) is 3.14. The van der Waals surface area contributed by atoms with Crippen molar-refractivity contribution in [2.45, 2.75) is 18.9 Å². The van der Waals surface area contributed by atoms with Gasteiger partial charge in [-0.05, 0) is 12.8 Å². The quantitative estimate of drug-likeness (QED) is 0.658. The van der Waals surface area contributed by atoms with E-state index in [0.29, 0.717) is 24.9 Å². The summed E-state index contributed by atoms with van der Waals surface area (Å²) < 4.78 is 22.6. The van der Waals surface area contributed by atoms with E-state index in [0.717, 1.165) is 0 Å². The predicted molar refractivity (Wildman–Crippen MR) is 67.7 cm³/mol. The molecule has 0 radical (unpaired) electrons. The smallest absolute Gasteiger partial charge is 0.156 e. The van der Waals surface area contributed by atoms with E-state index in [1.54, 1.807) is 0 Å². The SMILES string of the molecule is O=Cc1c(Cl)ncnc1NC1CCS(=O)(=O)CC1. The van der Waals surface area contributed by atoms with E-state index in [-0.39, 0.29) is 28.3 Å². The second-order valence-corrected chi connectivity index (χ2v) is 6.78. The van der Waals surface area contributed by atoms with Gasteiger partial charge >= 0.3 is 0 Å². The summed E-state index contributed by atoms with van der Waals surface area (Å²) in [5.41, 5.74) is 0.201. The lowest BCUT2D eigenvalue weighted by Crippen LogP contribution is -2.32. The van der Waals surface area contributed by atoms with Crippen molar-refractivity contribution < 1.29 is 13.2 Å². The summed E-state index contributed by atoms with van der Waals surface area (Å²) in [7, 11) is -2.90. The van der Waals surface area contributed by atoms with Crippen LogP contribution in [0.25, 0.3) is 0 Å². The largest absolute Gasteiger partial charge is 0.367 e. The van der Waals surface area contributed by atoms with Crippen LogP contribution in [-0.4, -0.2) is 42.2 Å². The zero-order valence-corrected chi connectivity index (χ0v) is 11.0. The number of hydrogen-bond donors (Lipinski definition) is 1. The highest BCUT2D eigenvalue weighted by atomic mass is 35.5. The van der Waals surface area contributed by atoms with Crippen LogP contribution in [0.1, 0.15) is 23.2 Å². The van der Waals surface area contributed by atoms with Gasteiger partial charge in [-0.25, -0.2) is 18.4 Å². The molecule has 1 fully saturated rings. The number of nitrogens with one attached hydrogen (secondary N) is 1. The molecule has 0 aliphatic carbocycles. The van der Waals surface area contributed by atoms with E-state index >= 15 is 0 Å². The molecule has 1 saturated heterocycles. The van der Waals surface area contributed by atoms with Crippen LogP contribution in [0.5, 0.6) is 0 Å². The molecule has 0 spiro atoms. The average molecular weight is 290 g/mol. The molecule has 8 heteroatoms. The van der Waals surface area contributed by atoms with Crippen LogP contribution < -0.4 is 5.32 Å². The third-order valence-corrected chi connectivity index (χ3v) is 4.87. The fourth-order valence-corrected chi connectivity index (χ4v) is 3.49. The highest BCUT2D eigenvalue weighted by Gasteiger charge is 2.24. The van der Waals surface area contributed by atoms with E-state index in [9.17, 15) is 13.2 Å². The molecule has 0 unspecified atom stereocenters. The van der Waals surface area contributed by atoms with Crippen LogP contribution in [-0.2, 0) is 9.84 Å². The Bertz CT molecular complexity index is 547. The zero-order valence-electron chi connectivity index (χ0n) is 9.47. The van der Waals surface area contributed by atoms with Crippen LogP contribution in [0.4, 0.5) is 5.82 Å². The van der Waals surface area contributed by atoms with Gasteiger partial charge in [0.15, 0.2) is 6.29 Å². The molecule has 0 amide bonds. The Kier molecular flexibility index (Phi) is 3.82. The van der Waals surface area contributed by atoms with E-state index < -0.39 is 9.84 Å². The molecule has 0 aromatic carbocycles. The second-order valence-electron chi connectivity index (χ2n) is 4.12. The van der Waals surface area contributed by atoms with Crippen LogP contribution >= 0.6 is 11.6 Å². The van der Waals surface area contributed by atoms with Gasteiger partial charge < -0.3 is 5.32 Å². The first-order chi connectivity index (χ1) is 8.52. The van der Waals surface area contributed by atoms with Crippen molar-refractivity contribution in [2.24, 2.45) is 0 Å². The lowest BCUT2D eigenvalue weighted by Gasteiger charge is -2.23. The van der Waals surface area contributed by atoms with Gasteiger partial charge in [0.1, 0.15) is 27.1 Å². The van der Waals surface area contributed by atoms with Gasteiger partial charge in [-0.1, -0.05) is 11.6 Å². The molecule has 0 atom stereocenters. The maximum absolute atomic E-state index is 11.3. The topological polar surface area (TPSA) is 89.0 Å². The fourth-order valence-electron chi connectivity index (χ4n) is 1.82. The van der Waals surface area contributed by atoms with Gasteiger partial charge in [-0.15, -0.1) is 0 Å². The van der Waals surface area contributed by atoms with Crippen LogP contribution in [0.2, 0.25) is 5.15 Å². The van der Waals surface area contributed by atoms with Gasteiger partial charge in [-0.3, -0.25) is 4.79 Å². The standard InChI is InChI=1S/C10H12ClN3O3S/c11-9-8(5-15)10(13-6-12-9)14-7-1-3-18(16,17)4-2-7/h5-7H,1-4H2,(H,12,13,14). The number of sulfone groups is 1. The summed E-state index contributed by atoms with van der Waals surface area (Å²) in [6, 6.07) is -0.0156. The molecular formula is C10H12ClN3O3S. The first kappa shape index (κ1) is 13.2. The number of aromatic nitrogens is 2. The first-order valence-corrected chi connectivity index (χ1v) is 7.64. The van der Waals surface area contributed by atoms with Crippen LogP contribution in [0.15, 0.2) is 6.33 Å². The molecule has 98 valence electrons. The van der Waals surface area contributed by atoms with E-state index in [1.807, 2.05) is 0 Å². The van der Waals surface area contributed by atoms with Crippen molar-refractivity contribution in [3.63, 3.8) is 0 Å². The molecule has 2 rings (SSSR count). The van der Waals surface area contributed by atoms with Crippen molar-refractivity contribution in [2.75, 3.05) is 16.8 Å². The number of rotatable bonds is 3. The van der Waals surface area contributed by atoms with Crippen molar-refractivity contribution in [1.29, 1.82) is 0 Å². The number of nitrogens with zero attached hydrogens (tertiary/aromatic N) is 2. The lowest BCUT2D eigenvalue weighted by atomic mass is 10.1. The molecule has 1 aromatic rings. The van der Waals surface area contributed by atoms with Crippen LogP contribution in [0.3, 0.4) is 0 Å². The highest BCUT2D eigenvalue weighted by molar-refractivity contribution is 7.91. The molecule has 0 saturated carbocycles. The molecule has 1 aromatic heterocycles. The normalized spacial score (nSPS) is 19.4. The highest BCUT2D eigenvalue weighted by Crippen LogP contribution is 2.21. The summed E-state index contributed by atoms with van der Waals surface area (Å²) in [6.07, 6.45) is 2.85. The van der Waals surface area contributed by atoms with Gasteiger partial charge in [0.05, 0.1) is 17.1 Å².